The smallest absolute Gasteiger partial charge is 0.234 e. The maximum atomic E-state index is 11.7. The molecule has 1 amide bonds. The lowest BCUT2D eigenvalue weighted by Gasteiger charge is -2.14. The van der Waals surface area contributed by atoms with Crippen LogP contribution in [0.25, 0.3) is 0 Å². The summed E-state index contributed by atoms with van der Waals surface area (Å²) < 4.78 is 5.28. The SMILES string of the molecule is COc1cccc([C@H]2SCC(=O)Nc3ccsc32)c1. The minimum Gasteiger partial charge on any atom is -0.497 e. The van der Waals surface area contributed by atoms with Crippen molar-refractivity contribution in [2.45, 2.75) is 5.25 Å². The summed E-state index contributed by atoms with van der Waals surface area (Å²) in [5.74, 6) is 1.39. The van der Waals surface area contributed by atoms with Gasteiger partial charge in [-0.25, -0.2) is 0 Å². The zero-order valence-corrected chi connectivity index (χ0v) is 12.0. The highest BCUT2D eigenvalue weighted by Gasteiger charge is 2.25. The average Bonchev–Trinajstić information content (AvgIpc) is 2.81. The van der Waals surface area contributed by atoms with E-state index >= 15 is 0 Å². The number of carbonyl (C=O) groups is 1. The molecule has 0 bridgehead atoms. The molecule has 1 aromatic carbocycles. The van der Waals surface area contributed by atoms with E-state index in [1.165, 1.54) is 10.4 Å². The van der Waals surface area contributed by atoms with Gasteiger partial charge in [-0.3, -0.25) is 4.79 Å². The Morgan fingerprint density at radius 2 is 2.26 bits per heavy atom. The number of amides is 1. The molecule has 98 valence electrons. The van der Waals surface area contributed by atoms with Crippen LogP contribution in [0.3, 0.4) is 0 Å². The summed E-state index contributed by atoms with van der Waals surface area (Å²) in [5.41, 5.74) is 2.11. The third-order valence-electron chi connectivity index (χ3n) is 2.99. The lowest BCUT2D eigenvalue weighted by atomic mass is 10.1. The molecule has 0 saturated carbocycles. The summed E-state index contributed by atoms with van der Waals surface area (Å²) in [6.45, 7) is 0. The number of fused-ring (bicyclic) bond motifs is 1. The van der Waals surface area contributed by atoms with Crippen molar-refractivity contribution in [2.75, 3.05) is 18.2 Å². The number of nitrogens with one attached hydrogen (secondary N) is 1. The molecule has 0 fully saturated rings. The summed E-state index contributed by atoms with van der Waals surface area (Å²) >= 11 is 3.34. The van der Waals surface area contributed by atoms with Gasteiger partial charge >= 0.3 is 0 Å². The van der Waals surface area contributed by atoms with Crippen molar-refractivity contribution in [1.82, 2.24) is 0 Å². The predicted molar refractivity (Wildman–Crippen MR) is 80.2 cm³/mol. The van der Waals surface area contributed by atoms with E-state index in [0.717, 1.165) is 11.4 Å². The number of hydrogen-bond donors (Lipinski definition) is 1. The van der Waals surface area contributed by atoms with Crippen molar-refractivity contribution in [1.29, 1.82) is 0 Å². The van der Waals surface area contributed by atoms with Gasteiger partial charge in [-0.1, -0.05) is 12.1 Å². The van der Waals surface area contributed by atoms with Crippen LogP contribution in [0.1, 0.15) is 15.7 Å². The van der Waals surface area contributed by atoms with Crippen molar-refractivity contribution in [2.24, 2.45) is 0 Å². The third kappa shape index (κ3) is 2.48. The molecule has 0 aliphatic carbocycles. The monoisotopic (exact) mass is 291 g/mol. The fraction of sp³-hybridized carbons (Fsp3) is 0.214. The second-order valence-corrected chi connectivity index (χ2v) is 6.26. The standard InChI is InChI=1S/C14H13NO2S2/c1-17-10-4-2-3-9(7-10)13-14-11(5-6-18-14)15-12(16)8-19-13/h2-7,13H,8H2,1H3,(H,15,16)/t13-/m1/s1. The molecule has 0 unspecified atom stereocenters. The highest BCUT2D eigenvalue weighted by molar-refractivity contribution is 8.00. The Bertz CT molecular complexity index is 609. The van der Waals surface area contributed by atoms with E-state index in [1.54, 1.807) is 30.2 Å². The molecule has 1 aromatic heterocycles. The Balaban J connectivity index is 2.02. The number of benzene rings is 1. The first kappa shape index (κ1) is 12.6. The molecular formula is C14H13NO2S2. The Labute approximate surface area is 120 Å². The molecule has 2 aromatic rings. The van der Waals surface area contributed by atoms with Gasteiger partial charge in [0.2, 0.25) is 5.91 Å². The molecule has 1 atom stereocenters. The number of carbonyl (C=O) groups excluding carboxylic acids is 1. The van der Waals surface area contributed by atoms with Gasteiger partial charge in [-0.05, 0) is 29.1 Å². The summed E-state index contributed by atoms with van der Waals surface area (Å²) in [4.78, 5) is 12.9. The number of hydrogen-bond acceptors (Lipinski definition) is 4. The van der Waals surface area contributed by atoms with Gasteiger partial charge in [0, 0.05) is 4.88 Å². The number of rotatable bonds is 2. The van der Waals surface area contributed by atoms with E-state index in [1.807, 2.05) is 29.6 Å². The fourth-order valence-corrected chi connectivity index (χ4v) is 4.34. The van der Waals surface area contributed by atoms with Gasteiger partial charge in [0.15, 0.2) is 0 Å². The van der Waals surface area contributed by atoms with E-state index in [4.69, 9.17) is 4.74 Å². The highest BCUT2D eigenvalue weighted by atomic mass is 32.2. The molecule has 1 N–H and O–H groups in total. The summed E-state index contributed by atoms with van der Waals surface area (Å²) in [5, 5.41) is 5.15. The van der Waals surface area contributed by atoms with Crippen LogP contribution >= 0.6 is 23.1 Å². The topological polar surface area (TPSA) is 38.3 Å². The highest BCUT2D eigenvalue weighted by Crippen LogP contribution is 2.44. The molecular weight excluding hydrogens is 278 g/mol. The van der Waals surface area contributed by atoms with Gasteiger partial charge in [0.05, 0.1) is 23.8 Å². The lowest BCUT2D eigenvalue weighted by Crippen LogP contribution is -2.11. The molecule has 19 heavy (non-hydrogen) atoms. The predicted octanol–water partition coefficient (Wildman–Crippen LogP) is 3.53. The van der Waals surface area contributed by atoms with Gasteiger partial charge in [-0.2, -0.15) is 0 Å². The Morgan fingerprint density at radius 3 is 3.11 bits per heavy atom. The first-order valence-corrected chi connectivity index (χ1v) is 7.83. The zero-order chi connectivity index (χ0) is 13.2. The number of thiophene rings is 1. The summed E-state index contributed by atoms with van der Waals surface area (Å²) in [6.07, 6.45) is 0. The number of anilines is 1. The number of methoxy groups -OCH3 is 1. The van der Waals surface area contributed by atoms with E-state index < -0.39 is 0 Å². The van der Waals surface area contributed by atoms with Crippen molar-refractivity contribution >= 4 is 34.7 Å². The molecule has 5 heteroatoms. The maximum Gasteiger partial charge on any atom is 0.234 e. The van der Waals surface area contributed by atoms with Crippen LogP contribution in [0.2, 0.25) is 0 Å². The molecule has 1 aliphatic heterocycles. The lowest BCUT2D eigenvalue weighted by molar-refractivity contribution is -0.113. The van der Waals surface area contributed by atoms with Crippen LogP contribution in [-0.2, 0) is 4.79 Å². The van der Waals surface area contributed by atoms with Crippen molar-refractivity contribution in [3.05, 3.63) is 46.2 Å². The van der Waals surface area contributed by atoms with Gasteiger partial charge in [0.1, 0.15) is 5.75 Å². The van der Waals surface area contributed by atoms with E-state index in [-0.39, 0.29) is 11.2 Å². The van der Waals surface area contributed by atoms with E-state index in [2.05, 4.69) is 11.4 Å². The third-order valence-corrected chi connectivity index (χ3v) is 5.39. The van der Waals surface area contributed by atoms with Gasteiger partial charge in [0.25, 0.3) is 0 Å². The van der Waals surface area contributed by atoms with Crippen LogP contribution in [0, 0.1) is 0 Å². The van der Waals surface area contributed by atoms with Crippen LogP contribution in [0.4, 0.5) is 5.69 Å². The normalized spacial score (nSPS) is 18.4. The van der Waals surface area contributed by atoms with Crippen LogP contribution in [-0.4, -0.2) is 18.8 Å². The quantitative estimate of drug-likeness (QED) is 0.920. The number of thioether (sulfide) groups is 1. The molecule has 3 nitrogen and oxygen atoms in total. The van der Waals surface area contributed by atoms with Gasteiger partial charge in [-0.15, -0.1) is 23.1 Å². The minimum absolute atomic E-state index is 0.0649. The minimum atomic E-state index is 0.0649. The molecule has 2 heterocycles. The molecule has 3 rings (SSSR count). The van der Waals surface area contributed by atoms with Gasteiger partial charge < -0.3 is 10.1 Å². The largest absolute Gasteiger partial charge is 0.497 e. The first-order valence-electron chi connectivity index (χ1n) is 5.90. The van der Waals surface area contributed by atoms with Crippen LogP contribution < -0.4 is 10.1 Å². The van der Waals surface area contributed by atoms with Crippen molar-refractivity contribution in [3.8, 4) is 5.75 Å². The Hall–Kier alpha value is -1.46. The molecule has 0 radical (unpaired) electrons. The second kappa shape index (κ2) is 5.27. The fourth-order valence-electron chi connectivity index (χ4n) is 2.10. The maximum absolute atomic E-state index is 11.7. The van der Waals surface area contributed by atoms with E-state index in [9.17, 15) is 4.79 Å². The van der Waals surface area contributed by atoms with Crippen molar-refractivity contribution in [3.63, 3.8) is 0 Å². The zero-order valence-electron chi connectivity index (χ0n) is 10.4. The second-order valence-electron chi connectivity index (χ2n) is 4.21. The van der Waals surface area contributed by atoms with Crippen molar-refractivity contribution < 1.29 is 9.53 Å². The van der Waals surface area contributed by atoms with Crippen LogP contribution in [0.5, 0.6) is 5.75 Å². The first-order chi connectivity index (χ1) is 9.28. The number of ether oxygens (including phenoxy) is 1. The Morgan fingerprint density at radius 1 is 1.37 bits per heavy atom. The average molecular weight is 291 g/mol. The van der Waals surface area contributed by atoms with Crippen LogP contribution in [0.15, 0.2) is 35.7 Å². The Kier molecular flexibility index (Phi) is 3.48. The molecule has 0 saturated heterocycles. The molecule has 0 spiro atoms. The summed E-state index contributed by atoms with van der Waals surface area (Å²) in [6, 6.07) is 10.0. The molecule has 1 aliphatic rings. The summed E-state index contributed by atoms with van der Waals surface area (Å²) in [7, 11) is 1.67. The van der Waals surface area contributed by atoms with E-state index in [0.29, 0.717) is 5.75 Å².